The lowest BCUT2D eigenvalue weighted by Gasteiger charge is -2.11. The minimum absolute atomic E-state index is 0.304. The Morgan fingerprint density at radius 2 is 2.20 bits per heavy atom. The fourth-order valence-corrected chi connectivity index (χ4v) is 2.92. The molecule has 2 aromatic heterocycles. The second-order valence-electron chi connectivity index (χ2n) is 5.81. The molecular weight excluding hydrogens is 323 g/mol. The van der Waals surface area contributed by atoms with Crippen molar-refractivity contribution in [3.63, 3.8) is 0 Å². The van der Waals surface area contributed by atoms with Gasteiger partial charge in [-0.25, -0.2) is 9.37 Å². The van der Waals surface area contributed by atoms with Gasteiger partial charge in [-0.05, 0) is 37.1 Å². The van der Waals surface area contributed by atoms with Crippen molar-refractivity contribution >= 4 is 16.9 Å². The molecule has 0 saturated carbocycles. The first-order chi connectivity index (χ1) is 12.0. The summed E-state index contributed by atoms with van der Waals surface area (Å²) in [5, 5.41) is 4.33. The summed E-state index contributed by atoms with van der Waals surface area (Å²) in [6.45, 7) is 2.49. The number of carbonyl (C=O) groups excluding carboxylic acids is 1. The highest BCUT2D eigenvalue weighted by molar-refractivity contribution is 5.83. The first-order valence-corrected chi connectivity index (χ1v) is 7.95. The molecule has 3 aromatic rings. The number of carbonyl (C=O) groups is 1. The van der Waals surface area contributed by atoms with Gasteiger partial charge in [-0.1, -0.05) is 6.07 Å². The van der Waals surface area contributed by atoms with Crippen molar-refractivity contribution in [2.75, 3.05) is 7.11 Å². The lowest BCUT2D eigenvalue weighted by Crippen LogP contribution is -2.12. The Kier molecular flexibility index (Phi) is 4.65. The van der Waals surface area contributed by atoms with Gasteiger partial charge in [0.25, 0.3) is 0 Å². The molecule has 7 heteroatoms. The number of fused-ring (bicyclic) bond motifs is 1. The molecule has 25 heavy (non-hydrogen) atoms. The lowest BCUT2D eigenvalue weighted by atomic mass is 10.1. The SMILES string of the molecule is COc1cccc(F)c1-c1cc(C)c2c(cnn2CCCC(N)=O)n1. The van der Waals surface area contributed by atoms with Crippen LogP contribution >= 0.6 is 0 Å². The summed E-state index contributed by atoms with van der Waals surface area (Å²) >= 11 is 0. The third-order valence-electron chi connectivity index (χ3n) is 4.03. The summed E-state index contributed by atoms with van der Waals surface area (Å²) in [6.07, 6.45) is 2.55. The van der Waals surface area contributed by atoms with E-state index in [4.69, 9.17) is 10.5 Å². The maximum atomic E-state index is 14.3. The molecular formula is C18H19FN4O2. The van der Waals surface area contributed by atoms with E-state index in [0.29, 0.717) is 41.9 Å². The van der Waals surface area contributed by atoms with Gasteiger partial charge in [0.1, 0.15) is 17.1 Å². The number of benzene rings is 1. The molecule has 130 valence electrons. The predicted octanol–water partition coefficient (Wildman–Crippen LogP) is 2.82. The third-order valence-corrected chi connectivity index (χ3v) is 4.03. The zero-order chi connectivity index (χ0) is 18.0. The standard InChI is InChI=1S/C18H19FN4O2/c1-11-9-13(17-12(19)5-3-6-15(17)25-2)22-14-10-21-23(18(11)14)8-4-7-16(20)24/h3,5-6,9-10H,4,7-8H2,1-2H3,(H2,20,24). The van der Waals surface area contributed by atoms with Crippen molar-refractivity contribution in [3.05, 3.63) is 41.8 Å². The Morgan fingerprint density at radius 1 is 1.40 bits per heavy atom. The lowest BCUT2D eigenvalue weighted by molar-refractivity contribution is -0.118. The van der Waals surface area contributed by atoms with Crippen LogP contribution in [0.5, 0.6) is 5.75 Å². The largest absolute Gasteiger partial charge is 0.496 e. The van der Waals surface area contributed by atoms with Crippen molar-refractivity contribution in [1.82, 2.24) is 14.8 Å². The highest BCUT2D eigenvalue weighted by Crippen LogP contribution is 2.33. The van der Waals surface area contributed by atoms with Gasteiger partial charge >= 0.3 is 0 Å². The summed E-state index contributed by atoms with van der Waals surface area (Å²) in [5.74, 6) is -0.292. The van der Waals surface area contributed by atoms with Crippen LogP contribution in [0.2, 0.25) is 0 Å². The second-order valence-corrected chi connectivity index (χ2v) is 5.81. The number of aryl methyl sites for hydroxylation is 2. The van der Waals surface area contributed by atoms with E-state index in [1.807, 2.05) is 13.0 Å². The van der Waals surface area contributed by atoms with E-state index >= 15 is 0 Å². The van der Waals surface area contributed by atoms with Crippen molar-refractivity contribution in [3.8, 4) is 17.0 Å². The second kappa shape index (κ2) is 6.88. The number of hydrogen-bond acceptors (Lipinski definition) is 4. The number of methoxy groups -OCH3 is 1. The molecule has 0 aliphatic heterocycles. The van der Waals surface area contributed by atoms with Crippen molar-refractivity contribution in [1.29, 1.82) is 0 Å². The summed E-state index contributed by atoms with van der Waals surface area (Å²) in [6, 6.07) is 6.49. The molecule has 2 N–H and O–H groups in total. The summed E-state index contributed by atoms with van der Waals surface area (Å²) in [5.41, 5.74) is 8.45. The average Bonchev–Trinajstić information content (AvgIpc) is 2.97. The van der Waals surface area contributed by atoms with Crippen molar-refractivity contribution in [2.45, 2.75) is 26.3 Å². The van der Waals surface area contributed by atoms with Crippen LogP contribution in [0.4, 0.5) is 4.39 Å². The van der Waals surface area contributed by atoms with Crippen LogP contribution < -0.4 is 10.5 Å². The van der Waals surface area contributed by atoms with Gasteiger partial charge in [-0.3, -0.25) is 9.48 Å². The van der Waals surface area contributed by atoms with Crippen LogP contribution in [0.3, 0.4) is 0 Å². The van der Waals surface area contributed by atoms with E-state index in [9.17, 15) is 9.18 Å². The predicted molar refractivity (Wildman–Crippen MR) is 92.6 cm³/mol. The topological polar surface area (TPSA) is 83.0 Å². The fourth-order valence-electron chi connectivity index (χ4n) is 2.92. The molecule has 0 saturated heterocycles. The number of nitrogens with two attached hydrogens (primary N) is 1. The van der Waals surface area contributed by atoms with E-state index in [1.165, 1.54) is 13.2 Å². The first kappa shape index (κ1) is 16.9. The highest BCUT2D eigenvalue weighted by Gasteiger charge is 2.16. The van der Waals surface area contributed by atoms with Gasteiger partial charge in [0.2, 0.25) is 5.91 Å². The molecule has 0 unspecified atom stereocenters. The number of halogens is 1. The molecule has 2 heterocycles. The highest BCUT2D eigenvalue weighted by atomic mass is 19.1. The Balaban J connectivity index is 2.03. The number of ether oxygens (including phenoxy) is 1. The van der Waals surface area contributed by atoms with E-state index in [-0.39, 0.29) is 11.7 Å². The smallest absolute Gasteiger partial charge is 0.217 e. The van der Waals surface area contributed by atoms with Crippen LogP contribution in [-0.2, 0) is 11.3 Å². The van der Waals surface area contributed by atoms with E-state index in [2.05, 4.69) is 10.1 Å². The number of rotatable bonds is 6. The Morgan fingerprint density at radius 3 is 2.92 bits per heavy atom. The van der Waals surface area contributed by atoms with Gasteiger partial charge in [0, 0.05) is 13.0 Å². The average molecular weight is 342 g/mol. The van der Waals surface area contributed by atoms with Gasteiger partial charge in [0.05, 0.1) is 30.1 Å². The van der Waals surface area contributed by atoms with Crippen LogP contribution in [0.15, 0.2) is 30.5 Å². The van der Waals surface area contributed by atoms with E-state index in [0.717, 1.165) is 11.1 Å². The van der Waals surface area contributed by atoms with Gasteiger partial charge in [-0.15, -0.1) is 0 Å². The van der Waals surface area contributed by atoms with E-state index in [1.54, 1.807) is 23.0 Å². The summed E-state index contributed by atoms with van der Waals surface area (Å²) in [7, 11) is 1.50. The number of aromatic nitrogens is 3. The number of hydrogen-bond donors (Lipinski definition) is 1. The number of primary amides is 1. The molecule has 3 rings (SSSR count). The van der Waals surface area contributed by atoms with Crippen molar-refractivity contribution < 1.29 is 13.9 Å². The van der Waals surface area contributed by atoms with Crippen LogP contribution in [-0.4, -0.2) is 27.8 Å². The third kappa shape index (κ3) is 3.31. The number of nitrogens with zero attached hydrogens (tertiary/aromatic N) is 3. The molecule has 0 aliphatic carbocycles. The fraction of sp³-hybridized carbons (Fsp3) is 0.278. The number of amides is 1. The Labute approximate surface area is 144 Å². The molecule has 0 radical (unpaired) electrons. The summed E-state index contributed by atoms with van der Waals surface area (Å²) < 4.78 is 21.4. The van der Waals surface area contributed by atoms with Crippen LogP contribution in [0.1, 0.15) is 18.4 Å². The van der Waals surface area contributed by atoms with Gasteiger partial charge < -0.3 is 10.5 Å². The minimum Gasteiger partial charge on any atom is -0.496 e. The normalized spacial score (nSPS) is 11.0. The van der Waals surface area contributed by atoms with Crippen molar-refractivity contribution in [2.24, 2.45) is 5.73 Å². The molecule has 0 aliphatic rings. The summed E-state index contributed by atoms with van der Waals surface area (Å²) in [4.78, 5) is 15.4. The molecule has 0 atom stereocenters. The minimum atomic E-state index is -0.389. The quantitative estimate of drug-likeness (QED) is 0.747. The van der Waals surface area contributed by atoms with Gasteiger partial charge in [0.15, 0.2) is 0 Å². The van der Waals surface area contributed by atoms with Gasteiger partial charge in [-0.2, -0.15) is 5.10 Å². The maximum Gasteiger partial charge on any atom is 0.217 e. The molecule has 0 spiro atoms. The molecule has 0 fully saturated rings. The zero-order valence-electron chi connectivity index (χ0n) is 14.1. The van der Waals surface area contributed by atoms with Crippen LogP contribution in [0, 0.1) is 12.7 Å². The molecule has 0 bridgehead atoms. The molecule has 1 amide bonds. The first-order valence-electron chi connectivity index (χ1n) is 7.95. The Bertz CT molecular complexity index is 936. The Hall–Kier alpha value is -2.96. The molecule has 1 aromatic carbocycles. The van der Waals surface area contributed by atoms with E-state index < -0.39 is 0 Å². The monoisotopic (exact) mass is 342 g/mol. The zero-order valence-corrected chi connectivity index (χ0v) is 14.1. The number of pyridine rings is 1. The van der Waals surface area contributed by atoms with Crippen LogP contribution in [0.25, 0.3) is 22.3 Å². The maximum absolute atomic E-state index is 14.3. The molecule has 6 nitrogen and oxygen atoms in total.